The minimum Gasteiger partial charge on any atom is -0.398 e. The van der Waals surface area contributed by atoms with E-state index in [1.807, 2.05) is 18.2 Å². The van der Waals surface area contributed by atoms with Crippen molar-refractivity contribution >= 4 is 17.2 Å². The predicted octanol–water partition coefficient (Wildman–Crippen LogP) is 4.49. The summed E-state index contributed by atoms with van der Waals surface area (Å²) in [5, 5.41) is 3.55. The molecule has 0 heterocycles. The minimum atomic E-state index is 0.0221. The number of carbonyl (C=O) groups is 1. The van der Waals surface area contributed by atoms with E-state index in [1.54, 1.807) is 6.92 Å². The molecule has 3 N–H and O–H groups in total. The summed E-state index contributed by atoms with van der Waals surface area (Å²) in [6.45, 7) is 7.16. The molecule has 0 unspecified atom stereocenters. The number of hydrogen-bond donors (Lipinski definition) is 2. The molecule has 0 radical (unpaired) electrons. The maximum absolute atomic E-state index is 11.6. The van der Waals surface area contributed by atoms with Crippen molar-refractivity contribution < 1.29 is 4.79 Å². The van der Waals surface area contributed by atoms with Crippen molar-refractivity contribution in [1.29, 1.82) is 0 Å². The third kappa shape index (κ3) is 3.99. The third-order valence-electron chi connectivity index (χ3n) is 4.61. The van der Waals surface area contributed by atoms with Gasteiger partial charge in [-0.15, -0.1) is 0 Å². The second-order valence-electron chi connectivity index (χ2n) is 7.02. The van der Waals surface area contributed by atoms with E-state index in [-0.39, 0.29) is 5.78 Å². The van der Waals surface area contributed by atoms with Gasteiger partial charge in [0.15, 0.2) is 5.78 Å². The average molecular weight is 288 g/mol. The van der Waals surface area contributed by atoms with Crippen LogP contribution < -0.4 is 11.1 Å². The monoisotopic (exact) mass is 288 g/mol. The highest BCUT2D eigenvalue weighted by molar-refractivity contribution is 6.00. The van der Waals surface area contributed by atoms with E-state index in [0.717, 1.165) is 18.2 Å². The first kappa shape index (κ1) is 15.9. The Labute approximate surface area is 128 Å². The number of hydrogen-bond acceptors (Lipinski definition) is 3. The van der Waals surface area contributed by atoms with Crippen molar-refractivity contribution in [3.8, 4) is 0 Å². The van der Waals surface area contributed by atoms with Gasteiger partial charge in [0.25, 0.3) is 0 Å². The lowest BCUT2D eigenvalue weighted by Gasteiger charge is -2.31. The first-order valence-electron chi connectivity index (χ1n) is 8.06. The van der Waals surface area contributed by atoms with E-state index in [1.165, 1.54) is 32.1 Å². The number of Topliss-reactive ketones (excluding diaryl/α,β-unsaturated/α-hetero) is 1. The van der Waals surface area contributed by atoms with Crippen LogP contribution in [-0.4, -0.2) is 12.3 Å². The summed E-state index contributed by atoms with van der Waals surface area (Å²) in [4.78, 5) is 11.6. The maximum atomic E-state index is 11.6. The van der Waals surface area contributed by atoms with E-state index in [4.69, 9.17) is 5.73 Å². The van der Waals surface area contributed by atoms with Crippen LogP contribution in [0.1, 0.15) is 63.2 Å². The summed E-state index contributed by atoms with van der Waals surface area (Å²) >= 11 is 0. The molecule has 0 spiro atoms. The zero-order valence-electron chi connectivity index (χ0n) is 13.5. The van der Waals surface area contributed by atoms with Crippen molar-refractivity contribution in [1.82, 2.24) is 0 Å². The Morgan fingerprint density at radius 2 is 2.00 bits per heavy atom. The lowest BCUT2D eigenvalue weighted by molar-refractivity contribution is 0.101. The molecule has 0 atom stereocenters. The number of rotatable bonds is 6. The van der Waals surface area contributed by atoms with Crippen LogP contribution in [0.4, 0.5) is 11.4 Å². The lowest BCUT2D eigenvalue weighted by Crippen LogP contribution is -2.28. The van der Waals surface area contributed by atoms with Gasteiger partial charge in [-0.3, -0.25) is 4.79 Å². The summed E-state index contributed by atoms with van der Waals surface area (Å²) in [6, 6.07) is 5.68. The van der Waals surface area contributed by atoms with E-state index < -0.39 is 0 Å². The van der Waals surface area contributed by atoms with Gasteiger partial charge in [-0.25, -0.2) is 0 Å². The lowest BCUT2D eigenvalue weighted by atomic mass is 9.78. The van der Waals surface area contributed by atoms with Gasteiger partial charge >= 0.3 is 0 Å². The molecule has 1 saturated carbocycles. The van der Waals surface area contributed by atoms with Gasteiger partial charge in [0.2, 0.25) is 0 Å². The fourth-order valence-electron chi connectivity index (χ4n) is 3.70. The minimum absolute atomic E-state index is 0.0221. The molecule has 0 aromatic heterocycles. The van der Waals surface area contributed by atoms with Gasteiger partial charge in [-0.2, -0.15) is 0 Å². The third-order valence-corrected chi connectivity index (χ3v) is 4.61. The molecule has 0 aliphatic heterocycles. The molecule has 2 rings (SSSR count). The predicted molar refractivity (Wildman–Crippen MR) is 89.7 cm³/mol. The topological polar surface area (TPSA) is 55.1 Å². The Morgan fingerprint density at radius 3 is 2.57 bits per heavy atom. The van der Waals surface area contributed by atoms with Gasteiger partial charge in [-0.05, 0) is 55.7 Å². The average Bonchev–Trinajstić information content (AvgIpc) is 2.85. The number of ketones is 1. The van der Waals surface area contributed by atoms with E-state index in [0.29, 0.717) is 16.7 Å². The van der Waals surface area contributed by atoms with Crippen LogP contribution >= 0.6 is 0 Å². The molecule has 21 heavy (non-hydrogen) atoms. The van der Waals surface area contributed by atoms with Crippen molar-refractivity contribution in [2.24, 2.45) is 11.3 Å². The van der Waals surface area contributed by atoms with Crippen molar-refractivity contribution in [3.63, 3.8) is 0 Å². The second-order valence-corrected chi connectivity index (χ2v) is 7.02. The number of carbonyl (C=O) groups excluding carboxylic acids is 1. The number of anilines is 2. The Kier molecular flexibility index (Phi) is 4.92. The molecule has 0 bridgehead atoms. The van der Waals surface area contributed by atoms with Crippen molar-refractivity contribution in [2.45, 2.75) is 52.9 Å². The quantitative estimate of drug-likeness (QED) is 0.599. The zero-order valence-corrected chi connectivity index (χ0v) is 13.5. The first-order valence-corrected chi connectivity index (χ1v) is 8.06. The molecule has 0 amide bonds. The first-order chi connectivity index (χ1) is 9.92. The fraction of sp³-hybridized carbons (Fsp3) is 0.611. The highest BCUT2D eigenvalue weighted by Gasteiger charge is 2.34. The van der Waals surface area contributed by atoms with E-state index in [9.17, 15) is 4.79 Å². The Morgan fingerprint density at radius 1 is 1.33 bits per heavy atom. The summed E-state index contributed by atoms with van der Waals surface area (Å²) in [6.07, 6.45) is 6.58. The summed E-state index contributed by atoms with van der Waals surface area (Å²) in [5.41, 5.74) is 8.45. The van der Waals surface area contributed by atoms with Crippen molar-refractivity contribution in [3.05, 3.63) is 23.8 Å². The van der Waals surface area contributed by atoms with Crippen LogP contribution in [0.2, 0.25) is 0 Å². The molecule has 1 aliphatic rings. The standard InChI is InChI=1S/C18H28N2O/c1-13(2)11-18(8-4-5-9-18)12-20-15-6-7-17(19)16(10-15)14(3)21/h6-7,10,13,20H,4-5,8-9,11-12,19H2,1-3H3. The second kappa shape index (κ2) is 6.50. The SMILES string of the molecule is CC(=O)c1cc(NCC2(CC(C)C)CCCC2)ccc1N. The van der Waals surface area contributed by atoms with Crippen LogP contribution in [0.25, 0.3) is 0 Å². The molecule has 1 aromatic carbocycles. The molecule has 1 aliphatic carbocycles. The van der Waals surface area contributed by atoms with Crippen LogP contribution in [0.5, 0.6) is 0 Å². The Balaban J connectivity index is 2.07. The van der Waals surface area contributed by atoms with E-state index >= 15 is 0 Å². The zero-order chi connectivity index (χ0) is 15.5. The summed E-state index contributed by atoms with van der Waals surface area (Å²) < 4.78 is 0. The molecule has 1 aromatic rings. The van der Waals surface area contributed by atoms with E-state index in [2.05, 4.69) is 19.2 Å². The van der Waals surface area contributed by atoms with Gasteiger partial charge in [0.1, 0.15) is 0 Å². The largest absolute Gasteiger partial charge is 0.398 e. The van der Waals surface area contributed by atoms with Gasteiger partial charge in [0.05, 0.1) is 0 Å². The number of benzene rings is 1. The highest BCUT2D eigenvalue weighted by atomic mass is 16.1. The molecule has 0 saturated heterocycles. The smallest absolute Gasteiger partial charge is 0.161 e. The highest BCUT2D eigenvalue weighted by Crippen LogP contribution is 2.43. The van der Waals surface area contributed by atoms with Gasteiger partial charge < -0.3 is 11.1 Å². The fourth-order valence-corrected chi connectivity index (χ4v) is 3.70. The van der Waals surface area contributed by atoms with Crippen LogP contribution in [-0.2, 0) is 0 Å². The number of nitrogens with two attached hydrogens (primary N) is 1. The van der Waals surface area contributed by atoms with Gasteiger partial charge in [0, 0.05) is 23.5 Å². The van der Waals surface area contributed by atoms with Gasteiger partial charge in [-0.1, -0.05) is 26.7 Å². The Bertz CT molecular complexity index is 502. The van der Waals surface area contributed by atoms with Crippen LogP contribution in [0.15, 0.2) is 18.2 Å². The number of nitrogen functional groups attached to an aromatic ring is 1. The molecule has 1 fully saturated rings. The molecule has 3 nitrogen and oxygen atoms in total. The summed E-state index contributed by atoms with van der Waals surface area (Å²) in [5.74, 6) is 0.748. The van der Waals surface area contributed by atoms with Crippen molar-refractivity contribution in [2.75, 3.05) is 17.6 Å². The number of nitrogens with one attached hydrogen (secondary N) is 1. The maximum Gasteiger partial charge on any atom is 0.161 e. The molecule has 116 valence electrons. The molecular weight excluding hydrogens is 260 g/mol. The summed E-state index contributed by atoms with van der Waals surface area (Å²) in [7, 11) is 0. The van der Waals surface area contributed by atoms with Crippen LogP contribution in [0, 0.1) is 11.3 Å². The van der Waals surface area contributed by atoms with Crippen LogP contribution in [0.3, 0.4) is 0 Å². The molecular formula is C18H28N2O. The molecule has 3 heteroatoms. The normalized spacial score (nSPS) is 17.1. The Hall–Kier alpha value is -1.51.